The average molecular weight is 245 g/mol. The fraction of sp³-hybridized carbons (Fsp3) is 0.357. The van der Waals surface area contributed by atoms with Gasteiger partial charge in [-0.1, -0.05) is 0 Å². The number of benzene rings is 1. The minimum atomic E-state index is 0.504. The van der Waals surface area contributed by atoms with Gasteiger partial charge in [-0.25, -0.2) is 4.98 Å². The van der Waals surface area contributed by atoms with E-state index in [0.717, 1.165) is 34.1 Å². The van der Waals surface area contributed by atoms with Crippen molar-refractivity contribution in [3.63, 3.8) is 0 Å². The molecule has 0 aliphatic rings. The van der Waals surface area contributed by atoms with E-state index >= 15 is 0 Å². The molecule has 2 N–H and O–H groups in total. The normalized spacial score (nSPS) is 10.7. The van der Waals surface area contributed by atoms with E-state index in [2.05, 4.69) is 15.6 Å². The van der Waals surface area contributed by atoms with Crippen LogP contribution in [0.25, 0.3) is 11.4 Å². The standard InChI is InChI=1S/C14H19N3O/c1-9-7-11(5-6-13(9)18-4)14-16-10(2)12(8-15)17(14)3/h5-7H,8,15H2,1-4H3. The van der Waals surface area contributed by atoms with Crippen molar-refractivity contribution in [2.45, 2.75) is 20.4 Å². The molecule has 0 atom stereocenters. The van der Waals surface area contributed by atoms with Gasteiger partial charge in [-0.15, -0.1) is 0 Å². The summed E-state index contributed by atoms with van der Waals surface area (Å²) in [7, 11) is 3.68. The number of ether oxygens (including phenoxy) is 1. The minimum absolute atomic E-state index is 0.504. The quantitative estimate of drug-likeness (QED) is 0.901. The van der Waals surface area contributed by atoms with Crippen LogP contribution in [0.1, 0.15) is 17.0 Å². The third kappa shape index (κ3) is 1.99. The lowest BCUT2D eigenvalue weighted by Crippen LogP contribution is -2.05. The molecule has 1 aromatic carbocycles. The molecule has 96 valence electrons. The lowest BCUT2D eigenvalue weighted by molar-refractivity contribution is 0.412. The van der Waals surface area contributed by atoms with Crippen LogP contribution in [-0.2, 0) is 13.6 Å². The van der Waals surface area contributed by atoms with Crippen molar-refractivity contribution in [2.75, 3.05) is 7.11 Å². The molecular weight excluding hydrogens is 226 g/mol. The smallest absolute Gasteiger partial charge is 0.140 e. The molecule has 0 aliphatic heterocycles. The Morgan fingerprint density at radius 2 is 2.06 bits per heavy atom. The topological polar surface area (TPSA) is 53.1 Å². The maximum atomic E-state index is 5.74. The second-order valence-corrected chi connectivity index (χ2v) is 4.42. The van der Waals surface area contributed by atoms with Crippen LogP contribution in [0.15, 0.2) is 18.2 Å². The number of aryl methyl sites for hydroxylation is 2. The Bertz CT molecular complexity index is 573. The van der Waals surface area contributed by atoms with Gasteiger partial charge in [0.25, 0.3) is 0 Å². The molecule has 18 heavy (non-hydrogen) atoms. The molecule has 1 heterocycles. The number of aromatic nitrogens is 2. The Kier molecular flexibility index (Phi) is 3.39. The molecule has 0 unspecified atom stereocenters. The highest BCUT2D eigenvalue weighted by atomic mass is 16.5. The summed E-state index contributed by atoms with van der Waals surface area (Å²) in [5.41, 5.74) is 9.98. The summed E-state index contributed by atoms with van der Waals surface area (Å²) in [5, 5.41) is 0. The second kappa shape index (κ2) is 4.82. The van der Waals surface area contributed by atoms with Crippen molar-refractivity contribution in [2.24, 2.45) is 12.8 Å². The number of imidazole rings is 1. The molecule has 0 radical (unpaired) electrons. The molecule has 0 saturated carbocycles. The van der Waals surface area contributed by atoms with E-state index in [4.69, 9.17) is 10.5 Å². The van der Waals surface area contributed by atoms with Crippen LogP contribution in [-0.4, -0.2) is 16.7 Å². The highest BCUT2D eigenvalue weighted by Crippen LogP contribution is 2.26. The van der Waals surface area contributed by atoms with Gasteiger partial charge >= 0.3 is 0 Å². The van der Waals surface area contributed by atoms with E-state index in [1.807, 2.05) is 33.0 Å². The van der Waals surface area contributed by atoms with Crippen LogP contribution in [0.4, 0.5) is 0 Å². The lowest BCUT2D eigenvalue weighted by Gasteiger charge is -2.08. The summed E-state index contributed by atoms with van der Waals surface area (Å²) in [4.78, 5) is 4.59. The van der Waals surface area contributed by atoms with Crippen LogP contribution < -0.4 is 10.5 Å². The zero-order valence-electron chi connectivity index (χ0n) is 11.3. The zero-order valence-corrected chi connectivity index (χ0v) is 11.3. The van der Waals surface area contributed by atoms with E-state index in [0.29, 0.717) is 6.54 Å². The van der Waals surface area contributed by atoms with Crippen LogP contribution in [0, 0.1) is 13.8 Å². The van der Waals surface area contributed by atoms with Gasteiger partial charge in [-0.3, -0.25) is 0 Å². The molecule has 0 aliphatic carbocycles. The lowest BCUT2D eigenvalue weighted by atomic mass is 10.1. The maximum absolute atomic E-state index is 5.74. The van der Waals surface area contributed by atoms with E-state index in [-0.39, 0.29) is 0 Å². The number of rotatable bonds is 3. The molecule has 0 amide bonds. The summed E-state index contributed by atoms with van der Waals surface area (Å²) in [6.45, 7) is 4.52. The average Bonchev–Trinajstić information content (AvgIpc) is 2.64. The number of hydrogen-bond acceptors (Lipinski definition) is 3. The first-order chi connectivity index (χ1) is 8.58. The van der Waals surface area contributed by atoms with Crippen molar-refractivity contribution >= 4 is 0 Å². The van der Waals surface area contributed by atoms with Gasteiger partial charge in [-0.2, -0.15) is 0 Å². The maximum Gasteiger partial charge on any atom is 0.140 e. The summed E-state index contributed by atoms with van der Waals surface area (Å²) >= 11 is 0. The summed E-state index contributed by atoms with van der Waals surface area (Å²) in [6, 6.07) is 6.08. The predicted molar refractivity (Wildman–Crippen MR) is 72.6 cm³/mol. The van der Waals surface area contributed by atoms with E-state index < -0.39 is 0 Å². The second-order valence-electron chi connectivity index (χ2n) is 4.42. The van der Waals surface area contributed by atoms with Gasteiger partial charge in [-0.05, 0) is 37.6 Å². The summed E-state index contributed by atoms with van der Waals surface area (Å²) in [5.74, 6) is 1.84. The summed E-state index contributed by atoms with van der Waals surface area (Å²) < 4.78 is 7.32. The Balaban J connectivity index is 2.52. The highest BCUT2D eigenvalue weighted by Gasteiger charge is 2.12. The van der Waals surface area contributed by atoms with Crippen LogP contribution in [0.5, 0.6) is 5.75 Å². The fourth-order valence-corrected chi connectivity index (χ4v) is 2.23. The predicted octanol–water partition coefficient (Wildman–Crippen LogP) is 2.17. The van der Waals surface area contributed by atoms with E-state index in [9.17, 15) is 0 Å². The molecule has 1 aromatic heterocycles. The molecular formula is C14H19N3O. The van der Waals surface area contributed by atoms with Crippen LogP contribution in [0.2, 0.25) is 0 Å². The molecule has 0 spiro atoms. The van der Waals surface area contributed by atoms with Gasteiger partial charge in [0, 0.05) is 19.2 Å². The van der Waals surface area contributed by atoms with E-state index in [1.165, 1.54) is 0 Å². The number of nitrogens with two attached hydrogens (primary N) is 1. The Hall–Kier alpha value is -1.81. The van der Waals surface area contributed by atoms with Crippen molar-refractivity contribution in [3.05, 3.63) is 35.2 Å². The Morgan fingerprint density at radius 1 is 1.33 bits per heavy atom. The highest BCUT2D eigenvalue weighted by molar-refractivity contribution is 5.60. The monoisotopic (exact) mass is 245 g/mol. The van der Waals surface area contributed by atoms with Gasteiger partial charge in [0.15, 0.2) is 0 Å². The minimum Gasteiger partial charge on any atom is -0.496 e. The molecule has 2 aromatic rings. The first-order valence-corrected chi connectivity index (χ1v) is 5.95. The summed E-state index contributed by atoms with van der Waals surface area (Å²) in [6.07, 6.45) is 0. The molecule has 0 bridgehead atoms. The van der Waals surface area contributed by atoms with Crippen molar-refractivity contribution in [1.29, 1.82) is 0 Å². The van der Waals surface area contributed by atoms with Gasteiger partial charge in [0.2, 0.25) is 0 Å². The first-order valence-electron chi connectivity index (χ1n) is 5.95. The fourth-order valence-electron chi connectivity index (χ4n) is 2.23. The number of nitrogens with zero attached hydrogens (tertiary/aromatic N) is 2. The molecule has 0 saturated heterocycles. The molecule has 4 heteroatoms. The Labute approximate surface area is 107 Å². The first kappa shape index (κ1) is 12.6. The van der Waals surface area contributed by atoms with Gasteiger partial charge in [0.1, 0.15) is 11.6 Å². The van der Waals surface area contributed by atoms with Crippen LogP contribution >= 0.6 is 0 Å². The van der Waals surface area contributed by atoms with Gasteiger partial charge in [0.05, 0.1) is 18.5 Å². The number of hydrogen-bond donors (Lipinski definition) is 1. The van der Waals surface area contributed by atoms with E-state index in [1.54, 1.807) is 7.11 Å². The molecule has 2 rings (SSSR count). The van der Waals surface area contributed by atoms with Gasteiger partial charge < -0.3 is 15.0 Å². The SMILES string of the molecule is COc1ccc(-c2nc(C)c(CN)n2C)cc1C. The van der Waals surface area contributed by atoms with Crippen LogP contribution in [0.3, 0.4) is 0 Å². The van der Waals surface area contributed by atoms with Crippen molar-refractivity contribution < 1.29 is 4.74 Å². The van der Waals surface area contributed by atoms with Crippen molar-refractivity contribution in [1.82, 2.24) is 9.55 Å². The van der Waals surface area contributed by atoms with Crippen molar-refractivity contribution in [3.8, 4) is 17.1 Å². The number of methoxy groups -OCH3 is 1. The zero-order chi connectivity index (χ0) is 13.3. The third-order valence-electron chi connectivity index (χ3n) is 3.26. The molecule has 0 fully saturated rings. The Morgan fingerprint density at radius 3 is 2.56 bits per heavy atom. The molecule has 4 nitrogen and oxygen atoms in total. The largest absolute Gasteiger partial charge is 0.496 e. The third-order valence-corrected chi connectivity index (χ3v) is 3.26.